The summed E-state index contributed by atoms with van der Waals surface area (Å²) in [7, 11) is -3.44. The predicted octanol–water partition coefficient (Wildman–Crippen LogP) is 2.67. The Bertz CT molecular complexity index is 742. The van der Waals surface area contributed by atoms with Crippen molar-refractivity contribution in [2.24, 2.45) is 5.73 Å². The van der Waals surface area contributed by atoms with Crippen LogP contribution in [0.4, 0.5) is 0 Å². The van der Waals surface area contributed by atoms with Gasteiger partial charge < -0.3 is 5.73 Å². The van der Waals surface area contributed by atoms with Gasteiger partial charge in [-0.15, -0.1) is 11.3 Å². The number of piperidine rings is 1. The van der Waals surface area contributed by atoms with Crippen molar-refractivity contribution in [2.45, 2.75) is 23.1 Å². The monoisotopic (exact) mass is 330 g/mol. The predicted molar refractivity (Wildman–Crippen MR) is 82.8 cm³/mol. The minimum atomic E-state index is -3.44. The minimum absolute atomic E-state index is 0.0673. The molecule has 1 atom stereocenters. The summed E-state index contributed by atoms with van der Waals surface area (Å²) in [6.07, 6.45) is 1.70. The smallest absolute Gasteiger partial charge is 0.252 e. The molecule has 0 saturated carbocycles. The number of thiophene rings is 1. The second kappa shape index (κ2) is 5.27. The van der Waals surface area contributed by atoms with E-state index in [-0.39, 0.29) is 6.04 Å². The van der Waals surface area contributed by atoms with Crippen molar-refractivity contribution in [3.8, 4) is 0 Å². The van der Waals surface area contributed by atoms with Crippen LogP contribution in [-0.4, -0.2) is 31.9 Å². The van der Waals surface area contributed by atoms with Gasteiger partial charge in [0.1, 0.15) is 4.21 Å². The Balaban J connectivity index is 2.00. The summed E-state index contributed by atoms with van der Waals surface area (Å²) in [6.45, 7) is 0.947. The Morgan fingerprint density at radius 1 is 1.35 bits per heavy atom. The molecule has 1 aliphatic heterocycles. The van der Waals surface area contributed by atoms with Crippen LogP contribution in [0.1, 0.15) is 12.8 Å². The van der Waals surface area contributed by atoms with Gasteiger partial charge in [0.05, 0.1) is 0 Å². The van der Waals surface area contributed by atoms with E-state index in [4.69, 9.17) is 17.3 Å². The van der Waals surface area contributed by atoms with Crippen LogP contribution < -0.4 is 5.73 Å². The molecule has 0 radical (unpaired) electrons. The molecule has 1 unspecified atom stereocenters. The summed E-state index contributed by atoms with van der Waals surface area (Å²) in [5.74, 6) is 0. The summed E-state index contributed by atoms with van der Waals surface area (Å²) in [4.78, 5) is 0. The molecule has 1 saturated heterocycles. The summed E-state index contributed by atoms with van der Waals surface area (Å²) in [5.41, 5.74) is 5.87. The van der Waals surface area contributed by atoms with E-state index in [1.165, 1.54) is 15.6 Å². The fourth-order valence-electron chi connectivity index (χ4n) is 2.44. The molecule has 0 amide bonds. The van der Waals surface area contributed by atoms with Gasteiger partial charge in [0.2, 0.25) is 0 Å². The largest absolute Gasteiger partial charge is 0.327 e. The molecule has 108 valence electrons. The molecule has 2 heterocycles. The molecule has 7 heteroatoms. The zero-order valence-electron chi connectivity index (χ0n) is 10.8. The van der Waals surface area contributed by atoms with Crippen molar-refractivity contribution in [3.05, 3.63) is 29.3 Å². The van der Waals surface area contributed by atoms with Crippen LogP contribution in [0.25, 0.3) is 10.1 Å². The topological polar surface area (TPSA) is 63.4 Å². The average Bonchev–Trinajstić information content (AvgIpc) is 2.82. The van der Waals surface area contributed by atoms with E-state index in [1.54, 1.807) is 18.2 Å². The summed E-state index contributed by atoms with van der Waals surface area (Å²) in [5, 5.41) is 1.47. The molecule has 1 aromatic carbocycles. The zero-order valence-corrected chi connectivity index (χ0v) is 13.1. The zero-order chi connectivity index (χ0) is 14.3. The highest BCUT2D eigenvalue weighted by Crippen LogP contribution is 2.33. The quantitative estimate of drug-likeness (QED) is 0.920. The van der Waals surface area contributed by atoms with Crippen LogP contribution in [0.5, 0.6) is 0 Å². The lowest BCUT2D eigenvalue weighted by Gasteiger charge is -2.29. The Kier molecular flexibility index (Phi) is 3.77. The first-order valence-electron chi connectivity index (χ1n) is 6.41. The van der Waals surface area contributed by atoms with Crippen molar-refractivity contribution in [3.63, 3.8) is 0 Å². The van der Waals surface area contributed by atoms with Gasteiger partial charge in [0.25, 0.3) is 10.0 Å². The molecule has 2 N–H and O–H groups in total. The lowest BCUT2D eigenvalue weighted by Crippen LogP contribution is -2.45. The second-order valence-electron chi connectivity index (χ2n) is 5.01. The molecular weight excluding hydrogens is 316 g/mol. The first-order valence-corrected chi connectivity index (χ1v) is 9.05. The number of nitrogens with zero attached hydrogens (tertiary/aromatic N) is 1. The lowest BCUT2D eigenvalue weighted by atomic mass is 10.1. The van der Waals surface area contributed by atoms with E-state index < -0.39 is 10.0 Å². The second-order valence-corrected chi connectivity index (χ2v) is 8.70. The highest BCUT2D eigenvalue weighted by Gasteiger charge is 2.30. The minimum Gasteiger partial charge on any atom is -0.327 e. The molecule has 0 spiro atoms. The molecule has 1 aromatic heterocycles. The van der Waals surface area contributed by atoms with Gasteiger partial charge >= 0.3 is 0 Å². The molecule has 20 heavy (non-hydrogen) atoms. The number of sulfonamides is 1. The highest BCUT2D eigenvalue weighted by atomic mass is 35.5. The number of rotatable bonds is 2. The number of hydrogen-bond donors (Lipinski definition) is 1. The van der Waals surface area contributed by atoms with E-state index in [2.05, 4.69) is 0 Å². The Labute approximate surface area is 127 Å². The fraction of sp³-hybridized carbons (Fsp3) is 0.385. The van der Waals surface area contributed by atoms with Gasteiger partial charge in [-0.25, -0.2) is 8.42 Å². The Morgan fingerprint density at radius 3 is 2.90 bits per heavy atom. The van der Waals surface area contributed by atoms with Crippen LogP contribution in [0, 0.1) is 0 Å². The molecule has 2 aromatic rings. The van der Waals surface area contributed by atoms with Crippen molar-refractivity contribution < 1.29 is 8.42 Å². The molecule has 1 aliphatic rings. The SMILES string of the molecule is NC1CCCN(S(=O)(=O)c2cc3cc(Cl)ccc3s2)C1. The highest BCUT2D eigenvalue weighted by molar-refractivity contribution is 7.91. The summed E-state index contributed by atoms with van der Waals surface area (Å²) in [6, 6.07) is 7.04. The maximum atomic E-state index is 12.6. The number of benzene rings is 1. The first kappa shape index (κ1) is 14.3. The maximum absolute atomic E-state index is 12.6. The van der Waals surface area contributed by atoms with Gasteiger partial charge in [0.15, 0.2) is 0 Å². The van der Waals surface area contributed by atoms with Gasteiger partial charge in [-0.2, -0.15) is 4.31 Å². The summed E-state index contributed by atoms with van der Waals surface area (Å²) >= 11 is 7.22. The van der Waals surface area contributed by atoms with Crippen molar-refractivity contribution in [1.82, 2.24) is 4.31 Å². The van der Waals surface area contributed by atoms with Crippen LogP contribution in [0.15, 0.2) is 28.5 Å². The van der Waals surface area contributed by atoms with E-state index in [1.807, 2.05) is 6.07 Å². The molecule has 0 aliphatic carbocycles. The van der Waals surface area contributed by atoms with E-state index in [0.717, 1.165) is 22.9 Å². The van der Waals surface area contributed by atoms with E-state index in [9.17, 15) is 8.42 Å². The normalized spacial score (nSPS) is 21.4. The van der Waals surface area contributed by atoms with E-state index >= 15 is 0 Å². The van der Waals surface area contributed by atoms with E-state index in [0.29, 0.717) is 22.3 Å². The average molecular weight is 331 g/mol. The Hall–Kier alpha value is -0.660. The molecular formula is C13H15ClN2O2S2. The van der Waals surface area contributed by atoms with Gasteiger partial charge in [-0.3, -0.25) is 0 Å². The van der Waals surface area contributed by atoms with Crippen molar-refractivity contribution in [1.29, 1.82) is 0 Å². The standard InChI is InChI=1S/C13H15ClN2O2S2/c14-10-3-4-12-9(6-10)7-13(19-12)20(17,18)16-5-1-2-11(15)8-16/h3-4,6-7,11H,1-2,5,8,15H2. The summed E-state index contributed by atoms with van der Waals surface area (Å²) < 4.78 is 28.1. The van der Waals surface area contributed by atoms with Crippen molar-refractivity contribution >= 4 is 43.0 Å². The van der Waals surface area contributed by atoms with Crippen LogP contribution in [0.2, 0.25) is 5.02 Å². The third kappa shape index (κ3) is 2.58. The van der Waals surface area contributed by atoms with Crippen LogP contribution in [-0.2, 0) is 10.0 Å². The lowest BCUT2D eigenvalue weighted by molar-refractivity contribution is 0.316. The number of fused-ring (bicyclic) bond motifs is 1. The third-order valence-corrected chi connectivity index (χ3v) is 7.14. The number of halogens is 1. The van der Waals surface area contributed by atoms with Crippen molar-refractivity contribution in [2.75, 3.05) is 13.1 Å². The van der Waals surface area contributed by atoms with Gasteiger partial charge in [0, 0.05) is 28.9 Å². The molecule has 3 rings (SSSR count). The number of nitrogens with two attached hydrogens (primary N) is 1. The third-order valence-electron chi connectivity index (χ3n) is 3.47. The Morgan fingerprint density at radius 2 is 2.15 bits per heavy atom. The van der Waals surface area contributed by atoms with Gasteiger partial charge in [-0.05, 0) is 42.5 Å². The maximum Gasteiger partial charge on any atom is 0.252 e. The fourth-order valence-corrected chi connectivity index (χ4v) is 5.69. The molecule has 1 fully saturated rings. The first-order chi connectivity index (χ1) is 9.46. The van der Waals surface area contributed by atoms with Gasteiger partial charge in [-0.1, -0.05) is 11.6 Å². The number of hydrogen-bond acceptors (Lipinski definition) is 4. The molecule has 4 nitrogen and oxygen atoms in total. The van der Waals surface area contributed by atoms with Crippen LogP contribution >= 0.6 is 22.9 Å². The molecule has 0 bridgehead atoms. The van der Waals surface area contributed by atoms with Crippen LogP contribution in [0.3, 0.4) is 0 Å².